The van der Waals surface area contributed by atoms with Crippen LogP contribution in [0.2, 0.25) is 0 Å². The predicted octanol–water partition coefficient (Wildman–Crippen LogP) is 0.00850. The molecule has 2 N–H and O–H groups in total. The van der Waals surface area contributed by atoms with E-state index in [2.05, 4.69) is 14.7 Å². The van der Waals surface area contributed by atoms with Gasteiger partial charge in [0.2, 0.25) is 0 Å². The summed E-state index contributed by atoms with van der Waals surface area (Å²) in [5.74, 6) is -0.378. The fourth-order valence-corrected chi connectivity index (χ4v) is 1.82. The minimum atomic E-state index is -0.617. The number of hydrogen-bond donors (Lipinski definition) is 1. The lowest BCUT2D eigenvalue weighted by Gasteiger charge is -2.20. The van der Waals surface area contributed by atoms with Crippen molar-refractivity contribution in [2.24, 2.45) is 5.73 Å². The van der Waals surface area contributed by atoms with Crippen LogP contribution < -0.4 is 5.73 Å². The minimum absolute atomic E-state index is 0.297. The van der Waals surface area contributed by atoms with Crippen molar-refractivity contribution < 1.29 is 9.53 Å². The monoisotopic (exact) mass is 207 g/mol. The number of aromatic nitrogens is 2. The van der Waals surface area contributed by atoms with Gasteiger partial charge in [-0.3, -0.25) is 4.79 Å². The normalized spacial score (nSPS) is 19.3. The van der Waals surface area contributed by atoms with Crippen molar-refractivity contribution in [2.45, 2.75) is 24.3 Å². The van der Waals surface area contributed by atoms with E-state index in [-0.39, 0.29) is 11.4 Å². The number of carbonyl (C=O) groups is 1. The van der Waals surface area contributed by atoms with Gasteiger partial charge in [-0.25, -0.2) is 9.97 Å². The molecule has 0 bridgehead atoms. The zero-order chi connectivity index (χ0) is 10.9. The number of rotatable bonds is 3. The molecule has 1 aliphatic carbocycles. The van der Waals surface area contributed by atoms with Crippen LogP contribution in [0.1, 0.15) is 18.4 Å². The second-order valence-electron chi connectivity index (χ2n) is 3.78. The number of nitrogens with zero attached hydrogens (tertiary/aromatic N) is 2. The Labute approximate surface area is 87.7 Å². The second kappa shape index (κ2) is 3.58. The molecule has 0 aromatic carbocycles. The van der Waals surface area contributed by atoms with Crippen molar-refractivity contribution in [3.8, 4) is 0 Å². The maximum absolute atomic E-state index is 11.4. The SMILES string of the molecule is COC(=O)C(N)C1(c2cncnc2)CC1. The van der Waals surface area contributed by atoms with Gasteiger partial charge in [-0.1, -0.05) is 0 Å². The molecule has 2 rings (SSSR count). The number of esters is 1. The smallest absolute Gasteiger partial charge is 0.323 e. The van der Waals surface area contributed by atoms with Crippen molar-refractivity contribution >= 4 is 5.97 Å². The van der Waals surface area contributed by atoms with Crippen LogP contribution in [0.15, 0.2) is 18.7 Å². The molecule has 0 saturated heterocycles. The Morgan fingerprint density at radius 1 is 1.53 bits per heavy atom. The van der Waals surface area contributed by atoms with Gasteiger partial charge >= 0.3 is 5.97 Å². The highest BCUT2D eigenvalue weighted by atomic mass is 16.5. The van der Waals surface area contributed by atoms with Crippen molar-refractivity contribution in [3.05, 3.63) is 24.3 Å². The van der Waals surface area contributed by atoms with Crippen molar-refractivity contribution in [1.82, 2.24) is 9.97 Å². The minimum Gasteiger partial charge on any atom is -0.468 e. The van der Waals surface area contributed by atoms with E-state index in [0.717, 1.165) is 18.4 Å². The highest BCUT2D eigenvalue weighted by Gasteiger charge is 2.53. The first kappa shape index (κ1) is 10.0. The van der Waals surface area contributed by atoms with E-state index in [1.807, 2.05) is 0 Å². The molecular formula is C10H13N3O2. The summed E-state index contributed by atoms with van der Waals surface area (Å²) in [6, 6.07) is -0.617. The van der Waals surface area contributed by atoms with E-state index in [1.54, 1.807) is 12.4 Å². The summed E-state index contributed by atoms with van der Waals surface area (Å²) < 4.78 is 4.66. The lowest BCUT2D eigenvalue weighted by atomic mass is 9.90. The average Bonchev–Trinajstić information content (AvgIpc) is 3.09. The van der Waals surface area contributed by atoms with E-state index in [1.165, 1.54) is 13.4 Å². The Bertz CT molecular complexity index is 362. The third-order valence-electron chi connectivity index (χ3n) is 2.97. The van der Waals surface area contributed by atoms with Crippen LogP contribution in [0.5, 0.6) is 0 Å². The third-order valence-corrected chi connectivity index (χ3v) is 2.97. The topological polar surface area (TPSA) is 78.1 Å². The number of nitrogens with two attached hydrogens (primary N) is 1. The average molecular weight is 207 g/mol. The summed E-state index contributed by atoms with van der Waals surface area (Å²) in [6.45, 7) is 0. The van der Waals surface area contributed by atoms with Crippen LogP contribution >= 0.6 is 0 Å². The first-order valence-corrected chi connectivity index (χ1v) is 4.79. The molecule has 1 unspecified atom stereocenters. The van der Waals surface area contributed by atoms with Gasteiger partial charge in [0.25, 0.3) is 0 Å². The molecule has 1 aromatic rings. The molecular weight excluding hydrogens is 194 g/mol. The number of hydrogen-bond acceptors (Lipinski definition) is 5. The van der Waals surface area contributed by atoms with Gasteiger partial charge in [-0.05, 0) is 18.4 Å². The maximum atomic E-state index is 11.4. The number of carbonyl (C=O) groups excluding carboxylic acids is 1. The molecule has 1 aromatic heterocycles. The number of ether oxygens (including phenoxy) is 1. The molecule has 1 fully saturated rings. The fraction of sp³-hybridized carbons (Fsp3) is 0.500. The van der Waals surface area contributed by atoms with Crippen LogP contribution in [-0.2, 0) is 14.9 Å². The van der Waals surface area contributed by atoms with Crippen LogP contribution in [-0.4, -0.2) is 29.1 Å². The first-order valence-electron chi connectivity index (χ1n) is 4.79. The van der Waals surface area contributed by atoms with Crippen LogP contribution in [0.3, 0.4) is 0 Å². The maximum Gasteiger partial charge on any atom is 0.323 e. The van der Waals surface area contributed by atoms with Gasteiger partial charge in [0, 0.05) is 17.8 Å². The summed E-state index contributed by atoms with van der Waals surface area (Å²) in [7, 11) is 1.35. The van der Waals surface area contributed by atoms with Crippen molar-refractivity contribution in [3.63, 3.8) is 0 Å². The van der Waals surface area contributed by atoms with E-state index >= 15 is 0 Å². The summed E-state index contributed by atoms with van der Waals surface area (Å²) >= 11 is 0. The van der Waals surface area contributed by atoms with Gasteiger partial charge in [0.05, 0.1) is 7.11 Å². The summed E-state index contributed by atoms with van der Waals surface area (Å²) in [5.41, 5.74) is 6.49. The molecule has 1 saturated carbocycles. The Hall–Kier alpha value is -1.49. The molecule has 1 atom stereocenters. The van der Waals surface area contributed by atoms with Crippen molar-refractivity contribution in [1.29, 1.82) is 0 Å². The highest BCUT2D eigenvalue weighted by molar-refractivity contribution is 5.78. The molecule has 0 radical (unpaired) electrons. The summed E-state index contributed by atoms with van der Waals surface area (Å²) in [4.78, 5) is 19.3. The lowest BCUT2D eigenvalue weighted by molar-refractivity contribution is -0.143. The number of methoxy groups -OCH3 is 1. The zero-order valence-electron chi connectivity index (χ0n) is 8.51. The Kier molecular flexibility index (Phi) is 2.40. The molecule has 0 amide bonds. The van der Waals surface area contributed by atoms with Crippen molar-refractivity contribution in [2.75, 3.05) is 7.11 Å². The molecule has 1 heterocycles. The predicted molar refractivity (Wildman–Crippen MR) is 52.9 cm³/mol. The Morgan fingerprint density at radius 2 is 2.13 bits per heavy atom. The Balaban J connectivity index is 2.25. The quantitative estimate of drug-likeness (QED) is 0.706. The molecule has 15 heavy (non-hydrogen) atoms. The van der Waals surface area contributed by atoms with Gasteiger partial charge in [0.15, 0.2) is 0 Å². The third kappa shape index (κ3) is 1.59. The first-order chi connectivity index (χ1) is 7.20. The van der Waals surface area contributed by atoms with E-state index in [0.29, 0.717) is 0 Å². The van der Waals surface area contributed by atoms with E-state index in [4.69, 9.17) is 5.73 Å². The standard InChI is InChI=1S/C10H13N3O2/c1-15-9(14)8(11)10(2-3-10)7-4-12-6-13-5-7/h4-6,8H,2-3,11H2,1H3. The van der Waals surface area contributed by atoms with E-state index < -0.39 is 6.04 Å². The van der Waals surface area contributed by atoms with Crippen LogP contribution in [0.4, 0.5) is 0 Å². The highest BCUT2D eigenvalue weighted by Crippen LogP contribution is 2.50. The lowest BCUT2D eigenvalue weighted by Crippen LogP contribution is -2.42. The van der Waals surface area contributed by atoms with Gasteiger partial charge in [-0.15, -0.1) is 0 Å². The molecule has 1 aliphatic rings. The zero-order valence-corrected chi connectivity index (χ0v) is 8.51. The van der Waals surface area contributed by atoms with Gasteiger partial charge in [-0.2, -0.15) is 0 Å². The summed E-state index contributed by atoms with van der Waals surface area (Å²) in [6.07, 6.45) is 6.65. The molecule has 5 heteroatoms. The van der Waals surface area contributed by atoms with Crippen LogP contribution in [0, 0.1) is 0 Å². The van der Waals surface area contributed by atoms with Gasteiger partial charge in [0.1, 0.15) is 12.4 Å². The largest absolute Gasteiger partial charge is 0.468 e. The van der Waals surface area contributed by atoms with Crippen LogP contribution in [0.25, 0.3) is 0 Å². The molecule has 0 aliphatic heterocycles. The van der Waals surface area contributed by atoms with E-state index in [9.17, 15) is 4.79 Å². The molecule has 80 valence electrons. The molecule has 5 nitrogen and oxygen atoms in total. The second-order valence-corrected chi connectivity index (χ2v) is 3.78. The summed E-state index contributed by atoms with van der Waals surface area (Å²) in [5, 5.41) is 0. The molecule has 0 spiro atoms. The van der Waals surface area contributed by atoms with Gasteiger partial charge < -0.3 is 10.5 Å². The fourth-order valence-electron chi connectivity index (χ4n) is 1.82. The Morgan fingerprint density at radius 3 is 2.60 bits per heavy atom.